The van der Waals surface area contributed by atoms with Crippen LogP contribution in [0.2, 0.25) is 0 Å². The van der Waals surface area contributed by atoms with Crippen LogP contribution in [0.5, 0.6) is 0 Å². The number of pyridine rings is 1. The van der Waals surface area contributed by atoms with Crippen molar-refractivity contribution in [2.24, 2.45) is 0 Å². The van der Waals surface area contributed by atoms with Gasteiger partial charge < -0.3 is 14.6 Å². The van der Waals surface area contributed by atoms with E-state index in [1.54, 1.807) is 17.2 Å². The van der Waals surface area contributed by atoms with Crippen molar-refractivity contribution >= 4 is 5.91 Å². The van der Waals surface area contributed by atoms with E-state index in [2.05, 4.69) is 15.0 Å². The van der Waals surface area contributed by atoms with Crippen LogP contribution in [0.15, 0.2) is 35.5 Å². The number of ether oxygens (including phenoxy) is 1. The Hall–Kier alpha value is -2.54. The first-order valence-electron chi connectivity index (χ1n) is 7.99. The number of aryl methyl sites for hydroxylation is 2. The number of morpholine rings is 1. The van der Waals surface area contributed by atoms with Gasteiger partial charge in [0.1, 0.15) is 0 Å². The predicted octanol–water partition coefficient (Wildman–Crippen LogP) is 0.947. The van der Waals surface area contributed by atoms with Crippen molar-refractivity contribution < 1.29 is 9.53 Å². The van der Waals surface area contributed by atoms with E-state index in [1.807, 2.05) is 13.0 Å². The molecular formula is C17H20N4O3. The molecule has 1 atom stereocenters. The molecule has 1 amide bonds. The van der Waals surface area contributed by atoms with E-state index in [0.717, 1.165) is 11.4 Å². The molecular weight excluding hydrogens is 308 g/mol. The molecule has 126 valence electrons. The van der Waals surface area contributed by atoms with Crippen LogP contribution in [0.1, 0.15) is 28.2 Å². The lowest BCUT2D eigenvalue weighted by Gasteiger charge is -2.33. The molecule has 7 heteroatoms. The van der Waals surface area contributed by atoms with Gasteiger partial charge in [-0.2, -0.15) is 0 Å². The van der Waals surface area contributed by atoms with Gasteiger partial charge >= 0.3 is 0 Å². The summed E-state index contributed by atoms with van der Waals surface area (Å²) < 4.78 is 5.74. The smallest absolute Gasteiger partial charge is 0.255 e. The molecule has 0 aromatic carbocycles. The summed E-state index contributed by atoms with van der Waals surface area (Å²) in [5.41, 5.74) is 2.05. The minimum atomic E-state index is -0.159. The number of hydrogen-bond acceptors (Lipinski definition) is 5. The van der Waals surface area contributed by atoms with Crippen LogP contribution < -0.4 is 5.56 Å². The van der Waals surface area contributed by atoms with Crippen LogP contribution >= 0.6 is 0 Å². The molecule has 2 aromatic rings. The SMILES string of the molecule is Cc1ccc(C(=O)N2CCO[C@H](CCc3cc(=O)[nH]cn3)C2)cn1. The van der Waals surface area contributed by atoms with Crippen LogP contribution in [0.25, 0.3) is 0 Å². The molecule has 1 fully saturated rings. The van der Waals surface area contributed by atoms with Crippen molar-refractivity contribution in [2.45, 2.75) is 25.9 Å². The number of H-pyrrole nitrogens is 1. The first kappa shape index (κ1) is 16.3. The lowest BCUT2D eigenvalue weighted by Crippen LogP contribution is -2.45. The molecule has 0 aliphatic carbocycles. The average Bonchev–Trinajstić information content (AvgIpc) is 2.60. The Morgan fingerprint density at radius 1 is 1.42 bits per heavy atom. The van der Waals surface area contributed by atoms with Gasteiger partial charge in [0.05, 0.1) is 24.6 Å². The zero-order valence-electron chi connectivity index (χ0n) is 13.6. The van der Waals surface area contributed by atoms with Crippen molar-refractivity contribution in [1.82, 2.24) is 19.9 Å². The van der Waals surface area contributed by atoms with Crippen LogP contribution in [-0.2, 0) is 11.2 Å². The van der Waals surface area contributed by atoms with Gasteiger partial charge in [-0.15, -0.1) is 0 Å². The third-order valence-electron chi connectivity index (χ3n) is 4.04. The molecule has 1 aliphatic rings. The highest BCUT2D eigenvalue weighted by atomic mass is 16.5. The maximum atomic E-state index is 12.5. The summed E-state index contributed by atoms with van der Waals surface area (Å²) in [5, 5.41) is 0. The lowest BCUT2D eigenvalue weighted by atomic mass is 10.1. The summed E-state index contributed by atoms with van der Waals surface area (Å²) in [6.45, 7) is 3.52. The normalized spacial score (nSPS) is 17.7. The topological polar surface area (TPSA) is 88.2 Å². The van der Waals surface area contributed by atoms with Crippen LogP contribution in [0.4, 0.5) is 0 Å². The Balaban J connectivity index is 1.58. The Bertz CT molecular complexity index is 757. The van der Waals surface area contributed by atoms with Gasteiger partial charge in [-0.05, 0) is 31.9 Å². The summed E-state index contributed by atoms with van der Waals surface area (Å²) >= 11 is 0. The molecule has 0 bridgehead atoms. The summed E-state index contributed by atoms with van der Waals surface area (Å²) in [5.74, 6) is -0.0231. The van der Waals surface area contributed by atoms with Crippen molar-refractivity contribution in [3.63, 3.8) is 0 Å². The fourth-order valence-corrected chi connectivity index (χ4v) is 2.71. The van der Waals surface area contributed by atoms with Gasteiger partial charge in [-0.1, -0.05) is 0 Å². The molecule has 1 aliphatic heterocycles. The van der Waals surface area contributed by atoms with Crippen molar-refractivity contribution in [2.75, 3.05) is 19.7 Å². The molecule has 3 rings (SSSR count). The minimum absolute atomic E-state index is 0.0231. The third-order valence-corrected chi connectivity index (χ3v) is 4.04. The summed E-state index contributed by atoms with van der Waals surface area (Å²) in [6, 6.07) is 5.13. The van der Waals surface area contributed by atoms with Gasteiger partial charge in [-0.3, -0.25) is 14.6 Å². The highest BCUT2D eigenvalue weighted by Crippen LogP contribution is 2.14. The fourth-order valence-electron chi connectivity index (χ4n) is 2.71. The van der Waals surface area contributed by atoms with Crippen LogP contribution in [-0.4, -0.2) is 51.6 Å². The van der Waals surface area contributed by atoms with Gasteiger partial charge in [0.25, 0.3) is 11.5 Å². The van der Waals surface area contributed by atoms with E-state index < -0.39 is 0 Å². The second kappa shape index (κ2) is 7.35. The molecule has 1 N–H and O–H groups in total. The standard InChI is InChI=1S/C17H20N4O3/c1-12-2-3-13(9-18-12)17(23)21-6-7-24-15(10-21)5-4-14-8-16(22)20-11-19-14/h2-3,8-9,11,15H,4-7,10H2,1H3,(H,19,20,22)/t15-/m1/s1. The number of aromatic amines is 1. The largest absolute Gasteiger partial charge is 0.375 e. The maximum Gasteiger partial charge on any atom is 0.255 e. The quantitative estimate of drug-likeness (QED) is 0.903. The molecule has 7 nitrogen and oxygen atoms in total. The summed E-state index contributed by atoms with van der Waals surface area (Å²) in [4.78, 5) is 36.4. The molecule has 0 unspecified atom stereocenters. The predicted molar refractivity (Wildman–Crippen MR) is 87.8 cm³/mol. The molecule has 24 heavy (non-hydrogen) atoms. The number of aromatic nitrogens is 3. The average molecular weight is 328 g/mol. The highest BCUT2D eigenvalue weighted by Gasteiger charge is 2.25. The van der Waals surface area contributed by atoms with Crippen molar-refractivity contribution in [3.8, 4) is 0 Å². The Morgan fingerprint density at radius 3 is 3.04 bits per heavy atom. The number of carbonyl (C=O) groups is 1. The Labute approximate surface area is 139 Å². The summed E-state index contributed by atoms with van der Waals surface area (Å²) in [7, 11) is 0. The van der Waals surface area contributed by atoms with Crippen LogP contribution in [0.3, 0.4) is 0 Å². The molecule has 3 heterocycles. The van der Waals surface area contributed by atoms with E-state index in [0.29, 0.717) is 38.1 Å². The maximum absolute atomic E-state index is 12.5. The van der Waals surface area contributed by atoms with Crippen LogP contribution in [0, 0.1) is 6.92 Å². The first-order valence-corrected chi connectivity index (χ1v) is 7.99. The second-order valence-corrected chi connectivity index (χ2v) is 5.87. The summed E-state index contributed by atoms with van der Waals surface area (Å²) in [6.07, 6.45) is 4.32. The Morgan fingerprint density at radius 2 is 2.29 bits per heavy atom. The van der Waals surface area contributed by atoms with E-state index >= 15 is 0 Å². The van der Waals surface area contributed by atoms with Gasteiger partial charge in [0.2, 0.25) is 0 Å². The van der Waals surface area contributed by atoms with Gasteiger partial charge in [0, 0.05) is 36.7 Å². The number of nitrogens with one attached hydrogen (secondary N) is 1. The Kier molecular flexibility index (Phi) is 5.00. The van der Waals surface area contributed by atoms with E-state index in [4.69, 9.17) is 4.74 Å². The molecule has 1 saturated heterocycles. The zero-order chi connectivity index (χ0) is 16.9. The number of rotatable bonds is 4. The highest BCUT2D eigenvalue weighted by molar-refractivity contribution is 5.94. The molecule has 0 radical (unpaired) electrons. The number of amides is 1. The van der Waals surface area contributed by atoms with E-state index in [9.17, 15) is 9.59 Å². The zero-order valence-corrected chi connectivity index (χ0v) is 13.6. The number of hydrogen-bond donors (Lipinski definition) is 1. The monoisotopic (exact) mass is 328 g/mol. The third kappa shape index (κ3) is 4.05. The number of carbonyl (C=O) groups excluding carboxylic acids is 1. The second-order valence-electron chi connectivity index (χ2n) is 5.87. The number of nitrogens with zero attached hydrogens (tertiary/aromatic N) is 3. The van der Waals surface area contributed by atoms with Gasteiger partial charge in [0.15, 0.2) is 0 Å². The van der Waals surface area contributed by atoms with E-state index in [-0.39, 0.29) is 17.6 Å². The van der Waals surface area contributed by atoms with Crippen molar-refractivity contribution in [3.05, 3.63) is 58.0 Å². The first-order chi connectivity index (χ1) is 11.6. The fraction of sp³-hybridized carbons (Fsp3) is 0.412. The lowest BCUT2D eigenvalue weighted by molar-refractivity contribution is -0.0247. The van der Waals surface area contributed by atoms with Gasteiger partial charge in [-0.25, -0.2) is 4.98 Å². The molecule has 2 aromatic heterocycles. The molecule has 0 saturated carbocycles. The van der Waals surface area contributed by atoms with E-state index in [1.165, 1.54) is 12.4 Å². The van der Waals surface area contributed by atoms with Crippen molar-refractivity contribution in [1.29, 1.82) is 0 Å². The molecule has 0 spiro atoms. The minimum Gasteiger partial charge on any atom is -0.375 e.